The number of hydrogen-bond acceptors (Lipinski definition) is 1. The maximum atomic E-state index is 4.27. The van der Waals surface area contributed by atoms with Gasteiger partial charge >= 0.3 is 0 Å². The minimum Gasteiger partial charge on any atom is -0.330 e. The van der Waals surface area contributed by atoms with Gasteiger partial charge in [0.2, 0.25) is 0 Å². The topological polar surface area (TPSA) is 17.8 Å². The lowest BCUT2D eigenvalue weighted by Gasteiger charge is -2.21. The first-order chi connectivity index (χ1) is 13.3. The van der Waals surface area contributed by atoms with E-state index in [0.717, 1.165) is 0 Å². The molecular weight excluding hydrogens is 364 g/mol. The van der Waals surface area contributed by atoms with Crippen molar-refractivity contribution < 1.29 is 0 Å². The second-order valence-electron chi connectivity index (χ2n) is 8.06. The Bertz CT molecular complexity index is 594. The Morgan fingerprint density at radius 2 is 1.39 bits per heavy atom. The van der Waals surface area contributed by atoms with Crippen LogP contribution in [0.15, 0.2) is 43.0 Å². The molecule has 1 unspecified atom stereocenters. The fraction of sp³-hybridized carbons (Fsp3) is 0.640. The van der Waals surface area contributed by atoms with Crippen molar-refractivity contribution in [3.8, 4) is 0 Å². The summed E-state index contributed by atoms with van der Waals surface area (Å²) in [5.41, 5.74) is 2.83. The molecular formula is C25H41ClN2. The summed E-state index contributed by atoms with van der Waals surface area (Å²) in [6.45, 7) is 4.51. The van der Waals surface area contributed by atoms with Crippen LogP contribution in [-0.2, 0) is 0 Å². The SMILES string of the molecule is CCCCCCCCCCCCCCC(c1ccccc1C)n1ccnc1.Cl. The number of hydrogen-bond donors (Lipinski definition) is 0. The van der Waals surface area contributed by atoms with Crippen molar-refractivity contribution in [3.05, 3.63) is 54.1 Å². The Kier molecular flexibility index (Phi) is 13.8. The summed E-state index contributed by atoms with van der Waals surface area (Å²) in [6, 6.07) is 9.22. The van der Waals surface area contributed by atoms with Crippen molar-refractivity contribution in [1.82, 2.24) is 9.55 Å². The van der Waals surface area contributed by atoms with Crippen molar-refractivity contribution in [2.45, 2.75) is 103 Å². The van der Waals surface area contributed by atoms with E-state index in [1.54, 1.807) is 0 Å². The number of aryl methyl sites for hydroxylation is 1. The third-order valence-electron chi connectivity index (χ3n) is 5.76. The standard InChI is InChI=1S/C25H40N2.ClH/c1-3-4-5-6-7-8-9-10-11-12-13-14-19-25(27-21-20-26-22-27)24-18-16-15-17-23(24)2;/h15-18,20-22,25H,3-14,19H2,1-2H3;1H. The smallest absolute Gasteiger partial charge is 0.0951 e. The highest BCUT2D eigenvalue weighted by molar-refractivity contribution is 5.85. The van der Waals surface area contributed by atoms with Gasteiger partial charge in [-0.2, -0.15) is 0 Å². The molecule has 1 aromatic heterocycles. The third kappa shape index (κ3) is 9.28. The molecule has 2 aromatic rings. The molecule has 1 atom stereocenters. The molecule has 1 aromatic carbocycles. The summed E-state index contributed by atoms with van der Waals surface area (Å²) in [4.78, 5) is 4.27. The van der Waals surface area contributed by atoms with Gasteiger partial charge in [-0.3, -0.25) is 0 Å². The molecule has 28 heavy (non-hydrogen) atoms. The summed E-state index contributed by atoms with van der Waals surface area (Å²) in [6.07, 6.45) is 24.1. The lowest BCUT2D eigenvalue weighted by molar-refractivity contribution is 0.485. The molecule has 0 fully saturated rings. The zero-order chi connectivity index (χ0) is 19.2. The molecule has 158 valence electrons. The van der Waals surface area contributed by atoms with Crippen LogP contribution >= 0.6 is 12.4 Å². The van der Waals surface area contributed by atoms with Gasteiger partial charge in [-0.05, 0) is 24.5 Å². The number of benzene rings is 1. The normalized spacial score (nSPS) is 11.9. The van der Waals surface area contributed by atoms with E-state index in [4.69, 9.17) is 0 Å². The molecule has 0 aliphatic heterocycles. The second kappa shape index (κ2) is 15.6. The zero-order valence-electron chi connectivity index (χ0n) is 18.1. The lowest BCUT2D eigenvalue weighted by Crippen LogP contribution is -2.10. The van der Waals surface area contributed by atoms with Crippen LogP contribution in [0.1, 0.15) is 108 Å². The molecule has 0 aliphatic carbocycles. The van der Waals surface area contributed by atoms with E-state index in [1.165, 1.54) is 94.6 Å². The fourth-order valence-corrected chi connectivity index (χ4v) is 4.06. The molecule has 0 bridgehead atoms. The Morgan fingerprint density at radius 3 is 1.93 bits per heavy atom. The van der Waals surface area contributed by atoms with E-state index in [2.05, 4.69) is 53.9 Å². The number of imidazole rings is 1. The summed E-state index contributed by atoms with van der Waals surface area (Å²) >= 11 is 0. The summed E-state index contributed by atoms with van der Waals surface area (Å²) < 4.78 is 2.28. The van der Waals surface area contributed by atoms with Crippen LogP contribution < -0.4 is 0 Å². The van der Waals surface area contributed by atoms with Crippen molar-refractivity contribution in [2.75, 3.05) is 0 Å². The van der Waals surface area contributed by atoms with E-state index < -0.39 is 0 Å². The number of rotatable bonds is 15. The van der Waals surface area contributed by atoms with E-state index in [0.29, 0.717) is 6.04 Å². The summed E-state index contributed by atoms with van der Waals surface area (Å²) in [5.74, 6) is 0. The number of nitrogens with zero attached hydrogens (tertiary/aromatic N) is 2. The van der Waals surface area contributed by atoms with Gasteiger partial charge in [-0.1, -0.05) is 108 Å². The van der Waals surface area contributed by atoms with E-state index >= 15 is 0 Å². The molecule has 0 N–H and O–H groups in total. The van der Waals surface area contributed by atoms with Gasteiger partial charge in [-0.15, -0.1) is 12.4 Å². The molecule has 0 saturated heterocycles. The molecule has 3 heteroatoms. The monoisotopic (exact) mass is 404 g/mol. The van der Waals surface area contributed by atoms with Crippen molar-refractivity contribution in [2.24, 2.45) is 0 Å². The minimum atomic E-state index is 0. The predicted molar refractivity (Wildman–Crippen MR) is 124 cm³/mol. The van der Waals surface area contributed by atoms with Gasteiger partial charge in [0.25, 0.3) is 0 Å². The summed E-state index contributed by atoms with van der Waals surface area (Å²) in [7, 11) is 0. The Morgan fingerprint density at radius 1 is 0.821 bits per heavy atom. The molecule has 0 radical (unpaired) electrons. The van der Waals surface area contributed by atoms with E-state index in [9.17, 15) is 0 Å². The van der Waals surface area contributed by atoms with Crippen LogP contribution in [0.5, 0.6) is 0 Å². The predicted octanol–water partition coefficient (Wildman–Crippen LogP) is 8.29. The number of unbranched alkanes of at least 4 members (excludes halogenated alkanes) is 11. The highest BCUT2D eigenvalue weighted by Gasteiger charge is 2.14. The van der Waals surface area contributed by atoms with E-state index in [1.807, 2.05) is 12.5 Å². The van der Waals surface area contributed by atoms with Crippen LogP contribution in [0.4, 0.5) is 0 Å². The van der Waals surface area contributed by atoms with Crippen molar-refractivity contribution in [3.63, 3.8) is 0 Å². The highest BCUT2D eigenvalue weighted by Crippen LogP contribution is 2.27. The number of halogens is 1. The van der Waals surface area contributed by atoms with Crippen LogP contribution in [0.25, 0.3) is 0 Å². The Balaban J connectivity index is 0.00000392. The Hall–Kier alpha value is -1.28. The average molecular weight is 405 g/mol. The van der Waals surface area contributed by atoms with Crippen LogP contribution in [0.2, 0.25) is 0 Å². The van der Waals surface area contributed by atoms with E-state index in [-0.39, 0.29) is 12.4 Å². The van der Waals surface area contributed by atoms with Gasteiger partial charge in [0, 0.05) is 12.4 Å². The average Bonchev–Trinajstić information content (AvgIpc) is 3.21. The largest absolute Gasteiger partial charge is 0.330 e. The first-order valence-electron chi connectivity index (χ1n) is 11.4. The lowest BCUT2D eigenvalue weighted by atomic mass is 9.96. The molecule has 1 heterocycles. The molecule has 0 amide bonds. The van der Waals surface area contributed by atoms with Crippen LogP contribution in [0.3, 0.4) is 0 Å². The van der Waals surface area contributed by atoms with Crippen LogP contribution in [-0.4, -0.2) is 9.55 Å². The summed E-state index contributed by atoms with van der Waals surface area (Å²) in [5, 5.41) is 0. The number of aromatic nitrogens is 2. The quantitative estimate of drug-likeness (QED) is 0.273. The maximum absolute atomic E-state index is 4.27. The second-order valence-corrected chi connectivity index (χ2v) is 8.06. The van der Waals surface area contributed by atoms with Crippen LogP contribution in [0, 0.1) is 6.92 Å². The molecule has 0 saturated carbocycles. The molecule has 2 nitrogen and oxygen atoms in total. The van der Waals surface area contributed by atoms with Gasteiger partial charge < -0.3 is 4.57 Å². The minimum absolute atomic E-state index is 0. The molecule has 2 rings (SSSR count). The van der Waals surface area contributed by atoms with Gasteiger partial charge in [0.1, 0.15) is 0 Å². The van der Waals surface area contributed by atoms with Crippen molar-refractivity contribution in [1.29, 1.82) is 0 Å². The highest BCUT2D eigenvalue weighted by atomic mass is 35.5. The molecule has 0 aliphatic rings. The molecule has 0 spiro atoms. The maximum Gasteiger partial charge on any atom is 0.0951 e. The van der Waals surface area contributed by atoms with Gasteiger partial charge in [0.05, 0.1) is 12.4 Å². The fourth-order valence-electron chi connectivity index (χ4n) is 4.06. The zero-order valence-corrected chi connectivity index (χ0v) is 18.9. The Labute approximate surface area is 179 Å². The van der Waals surface area contributed by atoms with Gasteiger partial charge in [0.15, 0.2) is 0 Å². The first-order valence-corrected chi connectivity index (χ1v) is 11.4. The first kappa shape index (κ1) is 24.8. The van der Waals surface area contributed by atoms with Crippen molar-refractivity contribution >= 4 is 12.4 Å². The third-order valence-corrected chi connectivity index (χ3v) is 5.76. The van der Waals surface area contributed by atoms with Gasteiger partial charge in [-0.25, -0.2) is 4.98 Å².